The fraction of sp³-hybridized carbons (Fsp3) is 0.100. The first kappa shape index (κ1) is 15.5. The molecule has 132 valence electrons. The normalized spacial score (nSPS) is 15.7. The average molecular weight is 357 g/mol. The van der Waals surface area contributed by atoms with E-state index in [2.05, 4.69) is 26.2 Å². The highest BCUT2D eigenvalue weighted by Crippen LogP contribution is 2.40. The Morgan fingerprint density at radius 3 is 2.85 bits per heavy atom. The van der Waals surface area contributed by atoms with Gasteiger partial charge in [-0.3, -0.25) is 14.9 Å². The summed E-state index contributed by atoms with van der Waals surface area (Å²) in [6.45, 7) is 0.483. The van der Waals surface area contributed by atoms with E-state index >= 15 is 0 Å². The summed E-state index contributed by atoms with van der Waals surface area (Å²) in [5, 5.41) is 6.99. The number of nitrogens with one attached hydrogen (secondary N) is 1. The lowest BCUT2D eigenvalue weighted by Gasteiger charge is -2.23. The SMILES string of the molecule is O=C(c1cccnc1)N1Cc2cc(-c3ccn[nH]3)ccc2C1c1cnco1. The molecule has 0 fully saturated rings. The molecule has 7 nitrogen and oxygen atoms in total. The van der Waals surface area contributed by atoms with Crippen LogP contribution in [-0.2, 0) is 6.54 Å². The van der Waals surface area contributed by atoms with Gasteiger partial charge in [-0.05, 0) is 41.0 Å². The Labute approximate surface area is 154 Å². The highest BCUT2D eigenvalue weighted by atomic mass is 16.3. The molecule has 4 aromatic rings. The quantitative estimate of drug-likeness (QED) is 0.608. The number of fused-ring (bicyclic) bond motifs is 1. The van der Waals surface area contributed by atoms with Crippen molar-refractivity contribution >= 4 is 5.91 Å². The summed E-state index contributed by atoms with van der Waals surface area (Å²) in [4.78, 5) is 23.0. The number of aromatic nitrogens is 4. The van der Waals surface area contributed by atoms with E-state index in [0.717, 1.165) is 22.4 Å². The van der Waals surface area contributed by atoms with Gasteiger partial charge in [0.1, 0.15) is 6.04 Å². The third kappa shape index (κ3) is 2.60. The third-order valence-electron chi connectivity index (χ3n) is 4.79. The van der Waals surface area contributed by atoms with E-state index in [0.29, 0.717) is 17.9 Å². The molecule has 27 heavy (non-hydrogen) atoms. The second-order valence-corrected chi connectivity index (χ2v) is 6.36. The van der Waals surface area contributed by atoms with E-state index in [1.54, 1.807) is 41.8 Å². The van der Waals surface area contributed by atoms with Crippen LogP contribution in [0.2, 0.25) is 0 Å². The highest BCUT2D eigenvalue weighted by molar-refractivity contribution is 5.94. The molecule has 0 saturated carbocycles. The van der Waals surface area contributed by atoms with Gasteiger partial charge >= 0.3 is 0 Å². The van der Waals surface area contributed by atoms with E-state index in [9.17, 15) is 4.79 Å². The molecule has 1 N–H and O–H groups in total. The van der Waals surface area contributed by atoms with Crippen molar-refractivity contribution in [2.45, 2.75) is 12.6 Å². The molecule has 1 aliphatic rings. The van der Waals surface area contributed by atoms with E-state index in [4.69, 9.17) is 4.42 Å². The molecule has 1 aliphatic heterocycles. The van der Waals surface area contributed by atoms with Crippen molar-refractivity contribution in [3.63, 3.8) is 0 Å². The van der Waals surface area contributed by atoms with Crippen LogP contribution in [0.3, 0.4) is 0 Å². The second-order valence-electron chi connectivity index (χ2n) is 6.36. The van der Waals surface area contributed by atoms with Crippen molar-refractivity contribution in [1.29, 1.82) is 0 Å². The van der Waals surface area contributed by atoms with Gasteiger partial charge in [0.25, 0.3) is 5.91 Å². The van der Waals surface area contributed by atoms with E-state index < -0.39 is 0 Å². The number of pyridine rings is 1. The molecular formula is C20H15N5O2. The van der Waals surface area contributed by atoms with Crippen molar-refractivity contribution in [2.24, 2.45) is 0 Å². The summed E-state index contributed by atoms with van der Waals surface area (Å²) < 4.78 is 5.56. The van der Waals surface area contributed by atoms with Crippen LogP contribution in [0.5, 0.6) is 0 Å². The number of carbonyl (C=O) groups is 1. The lowest BCUT2D eigenvalue weighted by Crippen LogP contribution is -2.30. The lowest BCUT2D eigenvalue weighted by molar-refractivity contribution is 0.0703. The monoisotopic (exact) mass is 357 g/mol. The molecule has 1 aromatic carbocycles. The predicted octanol–water partition coefficient (Wildman–Crippen LogP) is 3.21. The largest absolute Gasteiger partial charge is 0.446 e. The number of hydrogen-bond acceptors (Lipinski definition) is 5. The molecule has 0 bridgehead atoms. The Morgan fingerprint density at radius 1 is 1.15 bits per heavy atom. The minimum atomic E-state index is -0.314. The standard InChI is InChI=1S/C20H15N5O2/c26-20(14-2-1-6-21-9-14)25-11-15-8-13(17-5-7-23-24-17)3-4-16(15)19(25)18-10-22-12-27-18/h1-10,12,19H,11H2,(H,23,24). The molecule has 0 saturated heterocycles. The number of nitrogens with zero attached hydrogens (tertiary/aromatic N) is 4. The molecule has 1 unspecified atom stereocenters. The molecule has 0 aliphatic carbocycles. The summed E-state index contributed by atoms with van der Waals surface area (Å²) in [6.07, 6.45) is 8.00. The van der Waals surface area contributed by atoms with Crippen LogP contribution in [0.4, 0.5) is 0 Å². The molecule has 3 aromatic heterocycles. The smallest absolute Gasteiger partial charge is 0.256 e. The van der Waals surface area contributed by atoms with Gasteiger partial charge in [0.15, 0.2) is 12.2 Å². The number of oxazole rings is 1. The van der Waals surface area contributed by atoms with Crippen LogP contribution >= 0.6 is 0 Å². The minimum Gasteiger partial charge on any atom is -0.446 e. The van der Waals surface area contributed by atoms with Gasteiger partial charge in [0.2, 0.25) is 0 Å². The average Bonchev–Trinajstić information content (AvgIpc) is 3.47. The Morgan fingerprint density at radius 2 is 2.11 bits per heavy atom. The maximum absolute atomic E-state index is 13.1. The Balaban J connectivity index is 1.58. The highest BCUT2D eigenvalue weighted by Gasteiger charge is 2.37. The fourth-order valence-electron chi connectivity index (χ4n) is 3.55. The van der Waals surface area contributed by atoms with Crippen molar-refractivity contribution < 1.29 is 9.21 Å². The summed E-state index contributed by atoms with van der Waals surface area (Å²) in [6, 6.07) is 11.3. The van der Waals surface area contributed by atoms with Crippen molar-refractivity contribution in [3.8, 4) is 11.3 Å². The van der Waals surface area contributed by atoms with Crippen molar-refractivity contribution in [3.05, 3.63) is 90.0 Å². The van der Waals surface area contributed by atoms with E-state index in [-0.39, 0.29) is 11.9 Å². The predicted molar refractivity (Wildman–Crippen MR) is 96.5 cm³/mol. The van der Waals surface area contributed by atoms with Crippen LogP contribution < -0.4 is 0 Å². The van der Waals surface area contributed by atoms with Gasteiger partial charge in [-0.1, -0.05) is 12.1 Å². The number of benzene rings is 1. The molecule has 1 atom stereocenters. The van der Waals surface area contributed by atoms with Gasteiger partial charge < -0.3 is 9.32 Å². The van der Waals surface area contributed by atoms with Crippen LogP contribution in [0, 0.1) is 0 Å². The van der Waals surface area contributed by atoms with Gasteiger partial charge in [-0.15, -0.1) is 0 Å². The van der Waals surface area contributed by atoms with Crippen LogP contribution in [0.15, 0.2) is 72.0 Å². The second kappa shape index (κ2) is 6.21. The zero-order valence-electron chi connectivity index (χ0n) is 14.2. The Hall–Kier alpha value is -3.74. The third-order valence-corrected chi connectivity index (χ3v) is 4.79. The van der Waals surface area contributed by atoms with Crippen LogP contribution in [-0.4, -0.2) is 31.0 Å². The summed E-state index contributed by atoms with van der Waals surface area (Å²) >= 11 is 0. The summed E-state index contributed by atoms with van der Waals surface area (Å²) in [7, 11) is 0. The molecule has 5 rings (SSSR count). The number of hydrogen-bond donors (Lipinski definition) is 1. The molecular weight excluding hydrogens is 342 g/mol. The lowest BCUT2D eigenvalue weighted by atomic mass is 9.99. The van der Waals surface area contributed by atoms with E-state index in [1.165, 1.54) is 6.39 Å². The maximum Gasteiger partial charge on any atom is 0.256 e. The van der Waals surface area contributed by atoms with E-state index in [1.807, 2.05) is 18.2 Å². The Kier molecular flexibility index (Phi) is 3.57. The number of carbonyl (C=O) groups excluding carboxylic acids is 1. The van der Waals surface area contributed by atoms with Gasteiger partial charge in [-0.25, -0.2) is 4.98 Å². The number of rotatable bonds is 3. The first-order valence-electron chi connectivity index (χ1n) is 8.53. The molecule has 1 amide bonds. The van der Waals surface area contributed by atoms with Crippen LogP contribution in [0.25, 0.3) is 11.3 Å². The number of aromatic amines is 1. The molecule has 4 heterocycles. The molecule has 0 spiro atoms. The topological polar surface area (TPSA) is 87.9 Å². The van der Waals surface area contributed by atoms with Crippen LogP contribution in [0.1, 0.15) is 33.3 Å². The molecule has 7 heteroatoms. The van der Waals surface area contributed by atoms with Crippen molar-refractivity contribution in [2.75, 3.05) is 0 Å². The first-order chi connectivity index (χ1) is 13.3. The zero-order chi connectivity index (χ0) is 18.2. The summed E-state index contributed by atoms with van der Waals surface area (Å²) in [5.74, 6) is 0.545. The van der Waals surface area contributed by atoms with Gasteiger partial charge in [0.05, 0.1) is 17.5 Å². The number of amides is 1. The summed E-state index contributed by atoms with van der Waals surface area (Å²) in [5.41, 5.74) is 4.61. The first-order valence-corrected chi connectivity index (χ1v) is 8.53. The minimum absolute atomic E-state index is 0.0937. The zero-order valence-corrected chi connectivity index (χ0v) is 14.2. The fourth-order valence-corrected chi connectivity index (χ4v) is 3.55. The number of H-pyrrole nitrogens is 1. The maximum atomic E-state index is 13.1. The van der Waals surface area contributed by atoms with Gasteiger partial charge in [0, 0.05) is 25.1 Å². The Bertz CT molecular complexity index is 1080. The molecule has 0 radical (unpaired) electrons. The van der Waals surface area contributed by atoms with Crippen molar-refractivity contribution in [1.82, 2.24) is 25.1 Å². The van der Waals surface area contributed by atoms with Gasteiger partial charge in [-0.2, -0.15) is 5.10 Å².